The van der Waals surface area contributed by atoms with Crippen molar-refractivity contribution < 1.29 is 29.2 Å². The number of phenolic OH excluding ortho intramolecular Hbond substituents is 2. The summed E-state index contributed by atoms with van der Waals surface area (Å²) in [5.74, 6) is 1.35. The summed E-state index contributed by atoms with van der Waals surface area (Å²) in [7, 11) is 5.99. The van der Waals surface area contributed by atoms with E-state index in [0.717, 1.165) is 41.6 Å². The van der Waals surface area contributed by atoms with Gasteiger partial charge in [0.2, 0.25) is 11.5 Å². The van der Waals surface area contributed by atoms with Gasteiger partial charge in [0.05, 0.1) is 48.9 Å². The van der Waals surface area contributed by atoms with Crippen molar-refractivity contribution in [3.05, 3.63) is 70.7 Å². The second-order valence-corrected chi connectivity index (χ2v) is 11.7. The molecule has 0 fully saturated rings. The van der Waals surface area contributed by atoms with Crippen molar-refractivity contribution in [2.24, 2.45) is 0 Å². The third kappa shape index (κ3) is 5.98. The van der Waals surface area contributed by atoms with Gasteiger partial charge < -0.3 is 29.2 Å². The number of aromatic hydroxyl groups is 2. The van der Waals surface area contributed by atoms with Gasteiger partial charge in [0.1, 0.15) is 10.0 Å². The van der Waals surface area contributed by atoms with E-state index in [0.29, 0.717) is 33.0 Å². The number of phenols is 2. The van der Waals surface area contributed by atoms with Crippen LogP contribution in [0, 0.1) is 0 Å². The van der Waals surface area contributed by atoms with Crippen LogP contribution in [0.5, 0.6) is 34.5 Å². The molecule has 8 nitrogen and oxygen atoms in total. The standard InChI is InChI=1S/2C15H12ClNO3S/c2*1-19-11-5-8(6-12(20-2)14(11)18)15-17-10-7-9(16)3-4-13(10)21-15/h2*3-7,18H,1-2H3. The Morgan fingerprint density at radius 2 is 0.881 bits per heavy atom. The quantitative estimate of drug-likeness (QED) is 0.186. The van der Waals surface area contributed by atoms with Crippen LogP contribution in [0.15, 0.2) is 60.7 Å². The first-order valence-electron chi connectivity index (χ1n) is 12.3. The van der Waals surface area contributed by atoms with Gasteiger partial charge >= 0.3 is 0 Å². The molecule has 0 bridgehead atoms. The molecule has 4 aromatic carbocycles. The molecule has 42 heavy (non-hydrogen) atoms. The summed E-state index contributed by atoms with van der Waals surface area (Å²) in [6, 6.07) is 18.1. The summed E-state index contributed by atoms with van der Waals surface area (Å²) in [5, 5.41) is 22.8. The van der Waals surface area contributed by atoms with Crippen LogP contribution in [0.3, 0.4) is 0 Å². The van der Waals surface area contributed by atoms with Crippen LogP contribution in [0.25, 0.3) is 41.6 Å². The maximum atomic E-state index is 9.95. The van der Waals surface area contributed by atoms with Crippen molar-refractivity contribution in [1.82, 2.24) is 9.97 Å². The average Bonchev–Trinajstić information content (AvgIpc) is 3.61. The van der Waals surface area contributed by atoms with E-state index in [9.17, 15) is 10.2 Å². The molecule has 0 radical (unpaired) electrons. The number of thiazole rings is 2. The van der Waals surface area contributed by atoms with Gasteiger partial charge in [-0.05, 0) is 60.7 Å². The van der Waals surface area contributed by atoms with Gasteiger partial charge in [-0.25, -0.2) is 9.97 Å². The molecule has 6 rings (SSSR count). The van der Waals surface area contributed by atoms with Crippen molar-refractivity contribution in [1.29, 1.82) is 0 Å². The Labute approximate surface area is 259 Å². The lowest BCUT2D eigenvalue weighted by Crippen LogP contribution is -1.90. The van der Waals surface area contributed by atoms with E-state index in [-0.39, 0.29) is 11.5 Å². The van der Waals surface area contributed by atoms with Gasteiger partial charge in [-0.1, -0.05) is 23.2 Å². The number of ether oxygens (including phenoxy) is 4. The maximum absolute atomic E-state index is 9.95. The first-order valence-corrected chi connectivity index (χ1v) is 14.7. The molecule has 0 saturated carbocycles. The molecule has 2 N–H and O–H groups in total. The van der Waals surface area contributed by atoms with Crippen molar-refractivity contribution in [3.63, 3.8) is 0 Å². The molecule has 2 heterocycles. The van der Waals surface area contributed by atoms with Crippen LogP contribution in [-0.4, -0.2) is 48.6 Å². The molecule has 0 aliphatic heterocycles. The Balaban J connectivity index is 0.000000168. The number of benzene rings is 4. The maximum Gasteiger partial charge on any atom is 0.200 e. The fourth-order valence-electron chi connectivity index (χ4n) is 4.08. The second-order valence-electron chi connectivity index (χ2n) is 8.72. The fourth-order valence-corrected chi connectivity index (χ4v) is 6.28. The fraction of sp³-hybridized carbons (Fsp3) is 0.133. The highest BCUT2D eigenvalue weighted by Crippen LogP contribution is 2.43. The molecule has 0 atom stereocenters. The van der Waals surface area contributed by atoms with Gasteiger partial charge in [-0.2, -0.15) is 0 Å². The Morgan fingerprint density at radius 3 is 1.19 bits per heavy atom. The summed E-state index contributed by atoms with van der Waals surface area (Å²) >= 11 is 15.0. The number of rotatable bonds is 6. The van der Waals surface area contributed by atoms with E-state index in [2.05, 4.69) is 9.97 Å². The Morgan fingerprint density at radius 1 is 0.548 bits per heavy atom. The van der Waals surface area contributed by atoms with E-state index in [1.807, 2.05) is 36.4 Å². The number of hydrogen-bond donors (Lipinski definition) is 2. The van der Waals surface area contributed by atoms with Crippen LogP contribution in [-0.2, 0) is 0 Å². The largest absolute Gasteiger partial charge is 0.502 e. The topological polar surface area (TPSA) is 103 Å². The zero-order valence-electron chi connectivity index (χ0n) is 22.8. The molecule has 0 amide bonds. The Hall–Kier alpha value is -3.96. The van der Waals surface area contributed by atoms with Crippen molar-refractivity contribution in [2.45, 2.75) is 0 Å². The van der Waals surface area contributed by atoms with Gasteiger partial charge in [0.15, 0.2) is 23.0 Å². The summed E-state index contributed by atoms with van der Waals surface area (Å²) in [4.78, 5) is 9.13. The lowest BCUT2D eigenvalue weighted by atomic mass is 10.2. The second kappa shape index (κ2) is 12.5. The van der Waals surface area contributed by atoms with Crippen molar-refractivity contribution in [3.8, 4) is 55.6 Å². The lowest BCUT2D eigenvalue weighted by molar-refractivity contribution is 0.340. The van der Waals surface area contributed by atoms with Crippen LogP contribution < -0.4 is 18.9 Å². The minimum Gasteiger partial charge on any atom is -0.502 e. The number of fused-ring (bicyclic) bond motifs is 2. The summed E-state index contributed by atoms with van der Waals surface area (Å²) in [6.45, 7) is 0. The molecule has 0 aliphatic carbocycles. The molecule has 0 spiro atoms. The predicted molar refractivity (Wildman–Crippen MR) is 170 cm³/mol. The first kappa shape index (κ1) is 29.5. The summed E-state index contributed by atoms with van der Waals surface area (Å²) in [6.07, 6.45) is 0. The molecule has 12 heteroatoms. The highest BCUT2D eigenvalue weighted by atomic mass is 35.5. The van der Waals surface area contributed by atoms with E-state index in [1.165, 1.54) is 28.4 Å². The van der Waals surface area contributed by atoms with Crippen LogP contribution >= 0.6 is 45.9 Å². The number of halogens is 2. The third-order valence-electron chi connectivity index (χ3n) is 6.15. The van der Waals surface area contributed by atoms with Gasteiger partial charge in [-0.15, -0.1) is 22.7 Å². The van der Waals surface area contributed by atoms with Gasteiger partial charge in [-0.3, -0.25) is 0 Å². The summed E-state index contributed by atoms with van der Waals surface area (Å²) < 4.78 is 22.8. The molecular formula is C30H24Cl2N2O6S2. The molecule has 216 valence electrons. The molecule has 6 aromatic rings. The first-order chi connectivity index (χ1) is 20.2. The molecular weight excluding hydrogens is 619 g/mol. The normalized spacial score (nSPS) is 10.8. The number of methoxy groups -OCH3 is 4. The minimum atomic E-state index is -0.0205. The van der Waals surface area contributed by atoms with Gasteiger partial charge in [0.25, 0.3) is 0 Å². The number of hydrogen-bond acceptors (Lipinski definition) is 10. The van der Waals surface area contributed by atoms with E-state index in [1.54, 1.807) is 46.9 Å². The van der Waals surface area contributed by atoms with E-state index >= 15 is 0 Å². The number of nitrogens with zero attached hydrogens (tertiary/aromatic N) is 2. The van der Waals surface area contributed by atoms with Crippen molar-refractivity contribution >= 4 is 66.3 Å². The zero-order chi connectivity index (χ0) is 30.0. The lowest BCUT2D eigenvalue weighted by Gasteiger charge is -2.09. The SMILES string of the molecule is COc1cc(-c2nc3cc(Cl)ccc3s2)cc(OC)c1O.COc1cc(-c2nc3cc(Cl)ccc3s2)cc(OC)c1O. The smallest absolute Gasteiger partial charge is 0.200 e. The van der Waals surface area contributed by atoms with Crippen molar-refractivity contribution in [2.75, 3.05) is 28.4 Å². The minimum absolute atomic E-state index is 0.0205. The highest BCUT2D eigenvalue weighted by Gasteiger charge is 2.16. The Kier molecular flexibility index (Phi) is 8.79. The molecule has 0 saturated heterocycles. The van der Waals surface area contributed by atoms with Crippen LogP contribution in [0.2, 0.25) is 10.0 Å². The predicted octanol–water partition coefficient (Wildman–Crippen LogP) is 8.68. The zero-order valence-corrected chi connectivity index (χ0v) is 25.9. The third-order valence-corrected chi connectivity index (χ3v) is 8.79. The van der Waals surface area contributed by atoms with E-state index in [4.69, 9.17) is 42.1 Å². The van der Waals surface area contributed by atoms with E-state index < -0.39 is 0 Å². The van der Waals surface area contributed by atoms with Crippen LogP contribution in [0.4, 0.5) is 0 Å². The highest BCUT2D eigenvalue weighted by molar-refractivity contribution is 7.22. The van der Waals surface area contributed by atoms with Crippen LogP contribution in [0.1, 0.15) is 0 Å². The molecule has 0 unspecified atom stereocenters. The number of aromatic nitrogens is 2. The molecule has 0 aliphatic rings. The average molecular weight is 644 g/mol. The summed E-state index contributed by atoms with van der Waals surface area (Å²) in [5.41, 5.74) is 3.32. The van der Waals surface area contributed by atoms with Gasteiger partial charge in [0, 0.05) is 21.2 Å². The monoisotopic (exact) mass is 642 g/mol. The molecule has 2 aromatic heterocycles. The Bertz CT molecular complexity index is 1720.